The second-order valence-corrected chi connectivity index (χ2v) is 4.49. The summed E-state index contributed by atoms with van der Waals surface area (Å²) in [5.41, 5.74) is 1.58. The zero-order valence-electron chi connectivity index (χ0n) is 9.99. The number of aromatic amines is 1. The van der Waals surface area contributed by atoms with E-state index in [1.54, 1.807) is 6.33 Å². The first-order chi connectivity index (χ1) is 8.28. The summed E-state index contributed by atoms with van der Waals surface area (Å²) in [6.45, 7) is 5.05. The Hall–Kier alpha value is -1.85. The number of H-pyrrole nitrogens is 1. The summed E-state index contributed by atoms with van der Waals surface area (Å²) in [6, 6.07) is 0.533. The van der Waals surface area contributed by atoms with Crippen LogP contribution in [0.5, 0.6) is 0 Å². The molecule has 2 aromatic heterocycles. The predicted molar refractivity (Wildman–Crippen MR) is 67.0 cm³/mol. The maximum absolute atomic E-state index is 4.47. The lowest BCUT2D eigenvalue weighted by Crippen LogP contribution is -2.09. The van der Waals surface area contributed by atoms with Crippen molar-refractivity contribution in [3.63, 3.8) is 0 Å². The van der Waals surface area contributed by atoms with Gasteiger partial charge >= 0.3 is 0 Å². The van der Waals surface area contributed by atoms with E-state index in [-0.39, 0.29) is 0 Å². The number of aromatic nitrogens is 4. The minimum Gasteiger partial charge on any atom is -0.365 e. The average Bonchev–Trinajstić information content (AvgIpc) is 2.79. The van der Waals surface area contributed by atoms with Gasteiger partial charge in [-0.2, -0.15) is 9.97 Å². The maximum Gasteiger partial charge on any atom is 0.226 e. The lowest BCUT2D eigenvalue weighted by atomic mass is 10.4. The van der Waals surface area contributed by atoms with Gasteiger partial charge in [-0.25, -0.2) is 4.98 Å². The van der Waals surface area contributed by atoms with Crippen molar-refractivity contribution in [3.8, 4) is 0 Å². The van der Waals surface area contributed by atoms with Crippen LogP contribution in [-0.2, 0) is 0 Å². The minimum absolute atomic E-state index is 0.533. The molecule has 0 radical (unpaired) electrons. The van der Waals surface area contributed by atoms with Gasteiger partial charge in [0.2, 0.25) is 5.95 Å². The van der Waals surface area contributed by atoms with Gasteiger partial charge in [-0.15, -0.1) is 0 Å². The van der Waals surface area contributed by atoms with Crippen molar-refractivity contribution in [2.24, 2.45) is 5.92 Å². The Labute approximate surface area is 99.3 Å². The lowest BCUT2D eigenvalue weighted by molar-refractivity contribution is 0.923. The van der Waals surface area contributed by atoms with Crippen molar-refractivity contribution in [3.05, 3.63) is 6.33 Å². The smallest absolute Gasteiger partial charge is 0.226 e. The fourth-order valence-corrected chi connectivity index (χ4v) is 1.87. The molecular weight excluding hydrogens is 216 g/mol. The Morgan fingerprint density at radius 2 is 2.29 bits per heavy atom. The van der Waals surface area contributed by atoms with Crippen molar-refractivity contribution in [2.75, 3.05) is 17.2 Å². The third kappa shape index (κ3) is 1.90. The van der Waals surface area contributed by atoms with E-state index >= 15 is 0 Å². The van der Waals surface area contributed by atoms with Gasteiger partial charge in [-0.1, -0.05) is 6.92 Å². The van der Waals surface area contributed by atoms with Crippen LogP contribution in [0.3, 0.4) is 0 Å². The quantitative estimate of drug-likeness (QED) is 0.746. The fraction of sp³-hybridized carbons (Fsp3) is 0.545. The molecule has 0 bridgehead atoms. The van der Waals surface area contributed by atoms with Crippen molar-refractivity contribution < 1.29 is 0 Å². The van der Waals surface area contributed by atoms with Gasteiger partial charge < -0.3 is 15.6 Å². The average molecular weight is 232 g/mol. The van der Waals surface area contributed by atoms with Crippen LogP contribution in [0.15, 0.2) is 6.33 Å². The molecule has 1 saturated carbocycles. The summed E-state index contributed by atoms with van der Waals surface area (Å²) < 4.78 is 0. The first kappa shape index (κ1) is 10.3. The van der Waals surface area contributed by atoms with Crippen LogP contribution in [0.25, 0.3) is 11.2 Å². The minimum atomic E-state index is 0.533. The molecule has 0 amide bonds. The maximum atomic E-state index is 4.47. The first-order valence-electron chi connectivity index (χ1n) is 5.99. The van der Waals surface area contributed by atoms with Crippen LogP contribution in [-0.4, -0.2) is 32.5 Å². The summed E-state index contributed by atoms with van der Waals surface area (Å²) in [5, 5.41) is 6.55. The van der Waals surface area contributed by atoms with E-state index in [2.05, 4.69) is 37.5 Å². The van der Waals surface area contributed by atoms with Crippen LogP contribution in [0.4, 0.5) is 11.8 Å². The summed E-state index contributed by atoms with van der Waals surface area (Å²) >= 11 is 0. The molecule has 6 heteroatoms. The highest BCUT2D eigenvalue weighted by Crippen LogP contribution is 2.33. The first-order valence-corrected chi connectivity index (χ1v) is 5.99. The van der Waals surface area contributed by atoms with Gasteiger partial charge in [0, 0.05) is 12.6 Å². The second-order valence-electron chi connectivity index (χ2n) is 4.49. The molecule has 2 aromatic rings. The lowest BCUT2D eigenvalue weighted by Gasteiger charge is -2.07. The SMILES string of the molecule is CCNc1nc(NC2CC2C)c2[nH]cnc2n1. The summed E-state index contributed by atoms with van der Waals surface area (Å²) in [7, 11) is 0. The zero-order chi connectivity index (χ0) is 11.8. The van der Waals surface area contributed by atoms with E-state index in [0.29, 0.717) is 17.6 Å². The van der Waals surface area contributed by atoms with Gasteiger partial charge in [0.15, 0.2) is 11.5 Å². The molecule has 1 aliphatic carbocycles. The molecule has 17 heavy (non-hydrogen) atoms. The second kappa shape index (κ2) is 3.87. The van der Waals surface area contributed by atoms with Gasteiger partial charge in [0.1, 0.15) is 5.52 Å². The number of rotatable bonds is 4. The number of hydrogen-bond donors (Lipinski definition) is 3. The number of anilines is 2. The molecule has 1 fully saturated rings. The van der Waals surface area contributed by atoms with Crippen molar-refractivity contribution >= 4 is 22.9 Å². The summed E-state index contributed by atoms with van der Waals surface area (Å²) in [6.07, 6.45) is 2.85. The summed E-state index contributed by atoms with van der Waals surface area (Å²) in [5.74, 6) is 2.20. The number of nitrogens with one attached hydrogen (secondary N) is 3. The summed E-state index contributed by atoms with van der Waals surface area (Å²) in [4.78, 5) is 16.1. The van der Waals surface area contributed by atoms with Crippen LogP contribution in [0.2, 0.25) is 0 Å². The third-order valence-electron chi connectivity index (χ3n) is 3.05. The van der Waals surface area contributed by atoms with E-state index in [1.165, 1.54) is 6.42 Å². The Bertz CT molecular complexity index is 534. The highest BCUT2D eigenvalue weighted by molar-refractivity contribution is 5.83. The van der Waals surface area contributed by atoms with Crippen molar-refractivity contribution in [1.29, 1.82) is 0 Å². The van der Waals surface area contributed by atoms with Crippen LogP contribution in [0.1, 0.15) is 20.3 Å². The van der Waals surface area contributed by atoms with Gasteiger partial charge in [-0.3, -0.25) is 0 Å². The molecule has 2 atom stereocenters. The van der Waals surface area contributed by atoms with Crippen LogP contribution >= 0.6 is 0 Å². The van der Waals surface area contributed by atoms with Crippen LogP contribution < -0.4 is 10.6 Å². The molecule has 90 valence electrons. The standard InChI is InChI=1S/C11H16N6/c1-3-12-11-16-9-8(13-5-14-9)10(17-11)15-7-4-6(7)2/h5-7H,3-4H2,1-2H3,(H3,12,13,14,15,16,17). The third-order valence-corrected chi connectivity index (χ3v) is 3.05. The van der Waals surface area contributed by atoms with E-state index in [4.69, 9.17) is 0 Å². The molecule has 0 aliphatic heterocycles. The van der Waals surface area contributed by atoms with E-state index < -0.39 is 0 Å². The Balaban J connectivity index is 1.97. The van der Waals surface area contributed by atoms with Gasteiger partial charge in [-0.05, 0) is 19.3 Å². The largest absolute Gasteiger partial charge is 0.365 e. The number of hydrogen-bond acceptors (Lipinski definition) is 5. The molecule has 2 heterocycles. The van der Waals surface area contributed by atoms with Crippen LogP contribution in [0, 0.1) is 5.92 Å². The monoisotopic (exact) mass is 232 g/mol. The Morgan fingerprint density at radius 3 is 3.00 bits per heavy atom. The Morgan fingerprint density at radius 1 is 1.47 bits per heavy atom. The van der Waals surface area contributed by atoms with E-state index in [9.17, 15) is 0 Å². The normalized spacial score (nSPS) is 22.7. The van der Waals surface area contributed by atoms with Gasteiger partial charge in [0.25, 0.3) is 0 Å². The topological polar surface area (TPSA) is 78.5 Å². The molecule has 3 N–H and O–H groups in total. The molecule has 0 saturated heterocycles. The number of nitrogens with zero attached hydrogens (tertiary/aromatic N) is 3. The highest BCUT2D eigenvalue weighted by Gasteiger charge is 2.33. The molecule has 2 unspecified atom stereocenters. The molecule has 3 rings (SSSR count). The molecule has 0 spiro atoms. The molecule has 0 aromatic carbocycles. The molecule has 1 aliphatic rings. The zero-order valence-corrected chi connectivity index (χ0v) is 9.99. The number of fused-ring (bicyclic) bond motifs is 1. The number of imidazole rings is 1. The molecular formula is C11H16N6. The van der Waals surface area contributed by atoms with Crippen molar-refractivity contribution in [2.45, 2.75) is 26.3 Å². The Kier molecular flexibility index (Phi) is 2.35. The highest BCUT2D eigenvalue weighted by atomic mass is 15.2. The van der Waals surface area contributed by atoms with E-state index in [1.807, 2.05) is 6.92 Å². The molecule has 6 nitrogen and oxygen atoms in total. The van der Waals surface area contributed by atoms with Gasteiger partial charge in [0.05, 0.1) is 6.33 Å². The fourth-order valence-electron chi connectivity index (χ4n) is 1.87. The predicted octanol–water partition coefficient (Wildman–Crippen LogP) is 1.60. The van der Waals surface area contributed by atoms with E-state index in [0.717, 1.165) is 23.8 Å². The van der Waals surface area contributed by atoms with Crippen molar-refractivity contribution in [1.82, 2.24) is 19.9 Å².